The van der Waals surface area contributed by atoms with Gasteiger partial charge in [-0.2, -0.15) is 0 Å². The third kappa shape index (κ3) is 45.0. The number of rotatable bonds is 40. The van der Waals surface area contributed by atoms with E-state index >= 15 is 0 Å². The first-order valence-electron chi connectivity index (χ1n) is 23.5. The minimum Gasteiger partial charge on any atom is -0.462 e. The minimum absolute atomic E-state index is 0.120. The van der Waals surface area contributed by atoms with Crippen LogP contribution in [0.25, 0.3) is 0 Å². The third-order valence-electron chi connectivity index (χ3n) is 9.41. The van der Waals surface area contributed by atoms with Crippen LogP contribution in [0, 0.1) is 0 Å². The van der Waals surface area contributed by atoms with E-state index in [1.165, 1.54) is 64.2 Å². The van der Waals surface area contributed by atoms with Gasteiger partial charge >= 0.3 is 17.9 Å². The van der Waals surface area contributed by atoms with Crippen molar-refractivity contribution in [1.29, 1.82) is 0 Å². The van der Waals surface area contributed by atoms with Gasteiger partial charge in [0.25, 0.3) is 0 Å². The van der Waals surface area contributed by atoms with Crippen LogP contribution < -0.4 is 0 Å². The Bertz CT molecular complexity index is 1260. The SMILES string of the molecule is CC/C=C/C=C/C=C/C=C/CCCCCC(=O)OC(COC(=O)CC/C=C/C/C=C/CCCCCCCC)COC(=O)CCCCCCCCC/C=C/C=C/C=C/CC. The molecule has 332 valence electrons. The lowest BCUT2D eigenvalue weighted by Crippen LogP contribution is -2.30. The normalized spacial score (nSPS) is 13.1. The van der Waals surface area contributed by atoms with Crippen LogP contribution in [0.4, 0.5) is 0 Å². The summed E-state index contributed by atoms with van der Waals surface area (Å²) in [6, 6.07) is 0. The highest BCUT2D eigenvalue weighted by Gasteiger charge is 2.19. The number of hydrogen-bond acceptors (Lipinski definition) is 6. The second kappa shape index (κ2) is 46.8. The molecule has 0 aromatic heterocycles. The van der Waals surface area contributed by atoms with Gasteiger partial charge in [-0.15, -0.1) is 0 Å². The molecule has 0 radical (unpaired) electrons. The van der Waals surface area contributed by atoms with Gasteiger partial charge in [0.2, 0.25) is 0 Å². The van der Waals surface area contributed by atoms with Gasteiger partial charge in [-0.05, 0) is 77.0 Å². The third-order valence-corrected chi connectivity index (χ3v) is 9.41. The van der Waals surface area contributed by atoms with E-state index in [9.17, 15) is 14.4 Å². The average molecular weight is 817 g/mol. The lowest BCUT2D eigenvalue weighted by Gasteiger charge is -2.18. The highest BCUT2D eigenvalue weighted by molar-refractivity contribution is 5.71. The molecule has 0 bridgehead atoms. The highest BCUT2D eigenvalue weighted by Crippen LogP contribution is 2.12. The zero-order valence-corrected chi connectivity index (χ0v) is 37.7. The molecule has 0 aromatic carbocycles. The molecule has 1 unspecified atom stereocenters. The summed E-state index contributed by atoms with van der Waals surface area (Å²) in [5, 5.41) is 0. The van der Waals surface area contributed by atoms with Crippen molar-refractivity contribution in [2.45, 2.75) is 194 Å². The van der Waals surface area contributed by atoms with Gasteiger partial charge in [-0.3, -0.25) is 14.4 Å². The molecular weight excluding hydrogens is 733 g/mol. The number of ether oxygens (including phenoxy) is 3. The summed E-state index contributed by atoms with van der Waals surface area (Å²) < 4.78 is 16.6. The molecule has 1 atom stereocenters. The standard InChI is InChI=1S/C53H84O6/c1-4-7-10-13-16-19-22-25-26-29-31-34-37-40-43-46-52(55)58-49-50(59-53(56)47-44-41-38-35-32-28-24-21-18-15-12-9-6-3)48-57-51(54)45-42-39-36-33-30-27-23-20-17-14-11-8-5-2/h7,9-10,12-13,15-16,18-19,21-22,24,27-28,30,32,36,39,50H,4-6,8,11,14,17,20,23,25-26,29,31,33-35,37-38,40-49H2,1-3H3/b10-7+,12-9+,16-13+,18-15+,22-19+,24-21+,30-27+,32-28+,39-36+. The first-order valence-corrected chi connectivity index (χ1v) is 23.5. The van der Waals surface area contributed by atoms with E-state index in [4.69, 9.17) is 14.2 Å². The van der Waals surface area contributed by atoms with E-state index in [1.807, 2.05) is 42.5 Å². The fourth-order valence-corrected chi connectivity index (χ4v) is 5.92. The van der Waals surface area contributed by atoms with Crippen molar-refractivity contribution in [2.75, 3.05) is 13.2 Å². The van der Waals surface area contributed by atoms with E-state index in [2.05, 4.69) is 87.6 Å². The lowest BCUT2D eigenvalue weighted by molar-refractivity contribution is -0.166. The largest absolute Gasteiger partial charge is 0.462 e. The van der Waals surface area contributed by atoms with Crippen molar-refractivity contribution in [3.05, 3.63) is 109 Å². The van der Waals surface area contributed by atoms with E-state index in [1.54, 1.807) is 0 Å². The van der Waals surface area contributed by atoms with Crippen LogP contribution in [-0.2, 0) is 28.6 Å². The number of carbonyl (C=O) groups is 3. The summed E-state index contributed by atoms with van der Waals surface area (Å²) in [6.45, 7) is 6.23. The van der Waals surface area contributed by atoms with Crippen molar-refractivity contribution in [1.82, 2.24) is 0 Å². The van der Waals surface area contributed by atoms with Crippen LogP contribution in [0.1, 0.15) is 188 Å². The molecule has 0 spiro atoms. The second-order valence-electron chi connectivity index (χ2n) is 15.0. The number of esters is 3. The quantitative estimate of drug-likeness (QED) is 0.0201. The maximum absolute atomic E-state index is 12.7. The molecule has 0 saturated heterocycles. The molecule has 0 fully saturated rings. The molecule has 6 heteroatoms. The second-order valence-corrected chi connectivity index (χ2v) is 15.0. The van der Waals surface area contributed by atoms with E-state index in [-0.39, 0.29) is 44.0 Å². The average Bonchev–Trinajstić information content (AvgIpc) is 3.23. The molecule has 0 aromatic rings. The van der Waals surface area contributed by atoms with Crippen molar-refractivity contribution in [3.63, 3.8) is 0 Å². The summed E-state index contributed by atoms with van der Waals surface area (Å²) >= 11 is 0. The van der Waals surface area contributed by atoms with Gasteiger partial charge in [-0.25, -0.2) is 0 Å². The Morgan fingerprint density at radius 1 is 0.373 bits per heavy atom. The van der Waals surface area contributed by atoms with Crippen LogP contribution in [0.5, 0.6) is 0 Å². The van der Waals surface area contributed by atoms with Gasteiger partial charge in [0.15, 0.2) is 6.10 Å². The van der Waals surface area contributed by atoms with Crippen LogP contribution in [0.15, 0.2) is 109 Å². The topological polar surface area (TPSA) is 78.9 Å². The van der Waals surface area contributed by atoms with E-state index < -0.39 is 6.10 Å². The fraction of sp³-hybridized carbons (Fsp3) is 0.604. The van der Waals surface area contributed by atoms with Gasteiger partial charge in [-0.1, -0.05) is 201 Å². The number of hydrogen-bond donors (Lipinski definition) is 0. The molecule has 0 amide bonds. The van der Waals surface area contributed by atoms with Gasteiger partial charge in [0.05, 0.1) is 0 Å². The highest BCUT2D eigenvalue weighted by atomic mass is 16.6. The maximum atomic E-state index is 12.7. The molecule has 0 saturated carbocycles. The predicted molar refractivity (Wildman–Crippen MR) is 251 cm³/mol. The van der Waals surface area contributed by atoms with Crippen molar-refractivity contribution in [3.8, 4) is 0 Å². The van der Waals surface area contributed by atoms with Crippen LogP contribution in [-0.4, -0.2) is 37.2 Å². The van der Waals surface area contributed by atoms with Gasteiger partial charge in [0, 0.05) is 19.3 Å². The first kappa shape index (κ1) is 55.1. The number of allylic oxidation sites excluding steroid dienone is 18. The zero-order chi connectivity index (χ0) is 43.0. The van der Waals surface area contributed by atoms with Crippen LogP contribution in [0.2, 0.25) is 0 Å². The molecule has 0 rings (SSSR count). The van der Waals surface area contributed by atoms with Crippen LogP contribution in [0.3, 0.4) is 0 Å². The van der Waals surface area contributed by atoms with E-state index in [0.29, 0.717) is 19.3 Å². The van der Waals surface area contributed by atoms with Gasteiger partial charge in [0.1, 0.15) is 13.2 Å². The number of carbonyl (C=O) groups excluding carboxylic acids is 3. The minimum atomic E-state index is -0.826. The molecule has 59 heavy (non-hydrogen) atoms. The predicted octanol–water partition coefficient (Wildman–Crippen LogP) is 15.2. The lowest BCUT2D eigenvalue weighted by atomic mass is 10.1. The van der Waals surface area contributed by atoms with Crippen molar-refractivity contribution >= 4 is 17.9 Å². The summed E-state index contributed by atoms with van der Waals surface area (Å²) in [7, 11) is 0. The Morgan fingerprint density at radius 2 is 0.763 bits per heavy atom. The molecule has 0 heterocycles. The molecular formula is C53H84O6. The van der Waals surface area contributed by atoms with Crippen LogP contribution >= 0.6 is 0 Å². The van der Waals surface area contributed by atoms with Gasteiger partial charge < -0.3 is 14.2 Å². The molecule has 0 aliphatic heterocycles. The Kier molecular flexibility index (Phi) is 43.6. The summed E-state index contributed by atoms with van der Waals surface area (Å²) in [6.07, 6.45) is 62.2. The molecule has 0 aliphatic rings. The molecule has 0 aliphatic carbocycles. The monoisotopic (exact) mass is 817 g/mol. The summed E-state index contributed by atoms with van der Waals surface area (Å²) in [4.78, 5) is 37.8. The maximum Gasteiger partial charge on any atom is 0.306 e. The summed E-state index contributed by atoms with van der Waals surface area (Å²) in [5.74, 6) is -1.05. The number of unbranched alkanes of at least 4 members (excludes halogenated alkanes) is 16. The smallest absolute Gasteiger partial charge is 0.306 e. The zero-order valence-electron chi connectivity index (χ0n) is 37.7. The Morgan fingerprint density at radius 3 is 1.29 bits per heavy atom. The Hall–Kier alpha value is -3.93. The molecule has 6 nitrogen and oxygen atoms in total. The Labute approximate surface area is 361 Å². The van der Waals surface area contributed by atoms with Crippen molar-refractivity contribution in [2.24, 2.45) is 0 Å². The van der Waals surface area contributed by atoms with E-state index in [0.717, 1.165) is 70.6 Å². The Balaban J connectivity index is 4.55. The van der Waals surface area contributed by atoms with Crippen molar-refractivity contribution < 1.29 is 28.6 Å². The summed E-state index contributed by atoms with van der Waals surface area (Å²) in [5.41, 5.74) is 0. The molecule has 0 N–H and O–H groups in total. The fourth-order valence-electron chi connectivity index (χ4n) is 5.92. The first-order chi connectivity index (χ1) is 29.0.